The first-order valence-electron chi connectivity index (χ1n) is 8.42. The van der Waals surface area contributed by atoms with Crippen LogP contribution in [0, 0.1) is 5.92 Å². The number of ketones is 1. The Balaban J connectivity index is 1.63. The minimum Gasteiger partial charge on any atom is -0.485 e. The van der Waals surface area contributed by atoms with Crippen molar-refractivity contribution in [2.45, 2.75) is 0 Å². The molecule has 118 valence electrons. The monoisotopic (exact) mass is 323 g/mol. The summed E-state index contributed by atoms with van der Waals surface area (Å²) in [6.45, 7) is 0.136. The van der Waals surface area contributed by atoms with Crippen molar-refractivity contribution in [2.75, 3.05) is 6.61 Å². The molecule has 0 fully saturated rings. The van der Waals surface area contributed by atoms with Gasteiger partial charge in [-0.1, -0.05) is 36.4 Å². The largest absolute Gasteiger partial charge is 0.485 e. The van der Waals surface area contributed by atoms with Gasteiger partial charge in [0.1, 0.15) is 5.76 Å². The number of allylic oxidation sites excluding steroid dienone is 9. The summed E-state index contributed by atoms with van der Waals surface area (Å²) >= 11 is 0. The third-order valence-electron chi connectivity index (χ3n) is 5.32. The summed E-state index contributed by atoms with van der Waals surface area (Å²) in [5.74, 6) is 0.893. The first-order valence-corrected chi connectivity index (χ1v) is 8.42. The lowest BCUT2D eigenvalue weighted by atomic mass is 9.75. The average molecular weight is 323 g/mol. The van der Waals surface area contributed by atoms with Gasteiger partial charge in [0.25, 0.3) is 0 Å². The number of carbonyl (C=O) groups is 1. The Morgan fingerprint density at radius 1 is 1.08 bits per heavy atom. The minimum atomic E-state index is 0.0254. The van der Waals surface area contributed by atoms with E-state index in [1.54, 1.807) is 6.08 Å². The summed E-state index contributed by atoms with van der Waals surface area (Å²) in [5.41, 5.74) is 6.80. The number of hydrogen-bond acceptors (Lipinski definition) is 3. The van der Waals surface area contributed by atoms with E-state index in [2.05, 4.69) is 42.5 Å². The van der Waals surface area contributed by atoms with Crippen molar-refractivity contribution < 1.29 is 9.53 Å². The molecule has 0 saturated heterocycles. The maximum Gasteiger partial charge on any atom is 0.193 e. The molecule has 1 atom stereocenters. The van der Waals surface area contributed by atoms with Gasteiger partial charge in [-0.2, -0.15) is 0 Å². The number of para-hydroxylation sites is 1. The Kier molecular flexibility index (Phi) is 2.34. The maximum absolute atomic E-state index is 11.8. The van der Waals surface area contributed by atoms with E-state index in [1.807, 2.05) is 12.1 Å². The molecule has 0 saturated carbocycles. The molecule has 1 aromatic carbocycles. The van der Waals surface area contributed by atoms with E-state index in [0.29, 0.717) is 0 Å². The highest BCUT2D eigenvalue weighted by molar-refractivity contribution is 5.94. The van der Waals surface area contributed by atoms with Crippen molar-refractivity contribution >= 4 is 11.4 Å². The minimum absolute atomic E-state index is 0.0254. The van der Waals surface area contributed by atoms with Gasteiger partial charge in [0, 0.05) is 27.9 Å². The van der Waals surface area contributed by atoms with E-state index in [4.69, 9.17) is 9.73 Å². The SMILES string of the molecule is O=C1C=C2C(=CC=C3C4=C5N=c6ccccc6=C5C=C4C=CC23)OC1. The predicted octanol–water partition coefficient (Wildman–Crippen LogP) is 2.20. The molecule has 6 rings (SSSR count). The molecule has 5 aliphatic rings. The van der Waals surface area contributed by atoms with Gasteiger partial charge in [-0.05, 0) is 35.4 Å². The van der Waals surface area contributed by atoms with Crippen LogP contribution in [0.4, 0.5) is 0 Å². The smallest absolute Gasteiger partial charge is 0.193 e. The number of hydrogen-bond donors (Lipinski definition) is 0. The number of ether oxygens (including phenoxy) is 1. The molecule has 25 heavy (non-hydrogen) atoms. The molecule has 1 unspecified atom stereocenters. The molecule has 0 spiro atoms. The van der Waals surface area contributed by atoms with Gasteiger partial charge in [-0.15, -0.1) is 0 Å². The Hall–Kier alpha value is -3.20. The zero-order chi connectivity index (χ0) is 16.5. The van der Waals surface area contributed by atoms with E-state index in [9.17, 15) is 4.79 Å². The number of benzene rings is 1. The Labute approximate surface area is 144 Å². The summed E-state index contributed by atoms with van der Waals surface area (Å²) in [4.78, 5) is 16.7. The van der Waals surface area contributed by atoms with E-state index >= 15 is 0 Å². The molecule has 1 aromatic rings. The molecule has 2 aliphatic heterocycles. The average Bonchev–Trinajstić information content (AvgIpc) is 3.17. The predicted molar refractivity (Wildman–Crippen MR) is 93.6 cm³/mol. The van der Waals surface area contributed by atoms with E-state index in [-0.39, 0.29) is 18.3 Å². The first kappa shape index (κ1) is 13.1. The molecule has 0 N–H and O–H groups in total. The Morgan fingerprint density at radius 2 is 2.00 bits per heavy atom. The van der Waals surface area contributed by atoms with Crippen LogP contribution >= 0.6 is 0 Å². The fourth-order valence-corrected chi connectivity index (χ4v) is 4.23. The lowest BCUT2D eigenvalue weighted by Gasteiger charge is -2.31. The van der Waals surface area contributed by atoms with Crippen molar-refractivity contribution in [1.29, 1.82) is 0 Å². The van der Waals surface area contributed by atoms with Crippen molar-refractivity contribution in [2.24, 2.45) is 10.9 Å². The molecule has 0 amide bonds. The third kappa shape index (κ3) is 1.65. The van der Waals surface area contributed by atoms with Crippen LogP contribution in [0.15, 0.2) is 99.5 Å². The second-order valence-corrected chi connectivity index (χ2v) is 6.71. The van der Waals surface area contributed by atoms with Crippen molar-refractivity contribution in [1.82, 2.24) is 0 Å². The van der Waals surface area contributed by atoms with Gasteiger partial charge in [0.05, 0.1) is 11.1 Å². The zero-order valence-corrected chi connectivity index (χ0v) is 13.3. The molecule has 2 heterocycles. The standard InChI is InChI=1S/C22H13NO2/c24-13-10-17-14-6-5-12-9-18-15-3-1-2-4-19(15)23-22(18)21(12)16(14)7-8-20(17)25-11-13/h1-10,14H,11H2. The summed E-state index contributed by atoms with van der Waals surface area (Å²) in [5, 5.41) is 2.23. The molecule has 3 aliphatic carbocycles. The fraction of sp³-hybridized carbons (Fsp3) is 0.0909. The van der Waals surface area contributed by atoms with Gasteiger partial charge >= 0.3 is 0 Å². The van der Waals surface area contributed by atoms with Crippen LogP contribution in [0.5, 0.6) is 0 Å². The van der Waals surface area contributed by atoms with Crippen molar-refractivity contribution in [3.63, 3.8) is 0 Å². The van der Waals surface area contributed by atoms with Crippen LogP contribution in [0.25, 0.3) is 5.57 Å². The topological polar surface area (TPSA) is 38.7 Å². The summed E-state index contributed by atoms with van der Waals surface area (Å²) in [6, 6.07) is 8.26. The fourth-order valence-electron chi connectivity index (χ4n) is 4.23. The summed E-state index contributed by atoms with van der Waals surface area (Å²) < 4.78 is 5.60. The number of fused-ring (bicyclic) bond motifs is 7. The molecule has 3 heteroatoms. The Morgan fingerprint density at radius 3 is 2.96 bits per heavy atom. The number of nitrogens with zero attached hydrogens (tertiary/aromatic N) is 1. The molecular weight excluding hydrogens is 310 g/mol. The highest BCUT2D eigenvalue weighted by atomic mass is 16.5. The summed E-state index contributed by atoms with van der Waals surface area (Å²) in [7, 11) is 0. The lowest BCUT2D eigenvalue weighted by molar-refractivity contribution is -0.118. The highest BCUT2D eigenvalue weighted by Gasteiger charge is 2.36. The molecule has 3 nitrogen and oxygen atoms in total. The van der Waals surface area contributed by atoms with Crippen LogP contribution < -0.4 is 10.6 Å². The molecule has 0 bridgehead atoms. The normalized spacial score (nSPS) is 24.7. The van der Waals surface area contributed by atoms with Gasteiger partial charge in [-0.25, -0.2) is 4.99 Å². The second-order valence-electron chi connectivity index (χ2n) is 6.71. The molecular formula is C22H13NO2. The van der Waals surface area contributed by atoms with Crippen LogP contribution in [0.1, 0.15) is 0 Å². The van der Waals surface area contributed by atoms with Gasteiger partial charge in [0.15, 0.2) is 12.4 Å². The third-order valence-corrected chi connectivity index (χ3v) is 5.32. The first-order chi connectivity index (χ1) is 12.3. The van der Waals surface area contributed by atoms with Crippen LogP contribution in [0.3, 0.4) is 0 Å². The van der Waals surface area contributed by atoms with E-state index in [1.165, 1.54) is 27.5 Å². The summed E-state index contributed by atoms with van der Waals surface area (Å²) in [6.07, 6.45) is 12.4. The van der Waals surface area contributed by atoms with Gasteiger partial charge < -0.3 is 4.74 Å². The molecule has 0 radical (unpaired) electrons. The van der Waals surface area contributed by atoms with Crippen molar-refractivity contribution in [3.05, 3.63) is 105 Å². The van der Waals surface area contributed by atoms with Gasteiger partial charge in [0.2, 0.25) is 0 Å². The second kappa shape index (κ2) is 4.45. The maximum atomic E-state index is 11.8. The highest BCUT2D eigenvalue weighted by Crippen LogP contribution is 2.48. The van der Waals surface area contributed by atoms with Crippen LogP contribution in [-0.4, -0.2) is 12.4 Å². The molecule has 0 aromatic heterocycles. The van der Waals surface area contributed by atoms with Crippen LogP contribution in [0.2, 0.25) is 0 Å². The van der Waals surface area contributed by atoms with E-state index < -0.39 is 0 Å². The number of rotatable bonds is 0. The van der Waals surface area contributed by atoms with Crippen LogP contribution in [-0.2, 0) is 9.53 Å². The quantitative estimate of drug-likeness (QED) is 0.734. The Bertz CT molecular complexity index is 1200. The zero-order valence-electron chi connectivity index (χ0n) is 13.3. The lowest BCUT2D eigenvalue weighted by Crippen LogP contribution is -2.23. The van der Waals surface area contributed by atoms with Gasteiger partial charge in [-0.3, -0.25) is 4.79 Å². The van der Waals surface area contributed by atoms with E-state index in [0.717, 1.165) is 22.4 Å². The van der Waals surface area contributed by atoms with Crippen molar-refractivity contribution in [3.8, 4) is 0 Å². The number of carbonyl (C=O) groups excluding carboxylic acids is 1.